The highest BCUT2D eigenvalue weighted by molar-refractivity contribution is 7.89. The minimum absolute atomic E-state index is 0.0237. The van der Waals surface area contributed by atoms with E-state index >= 15 is 0 Å². The van der Waals surface area contributed by atoms with Crippen LogP contribution in [-0.2, 0) is 14.8 Å². The summed E-state index contributed by atoms with van der Waals surface area (Å²) >= 11 is 0. The van der Waals surface area contributed by atoms with Gasteiger partial charge in [0.05, 0.1) is 7.11 Å². The van der Waals surface area contributed by atoms with Crippen molar-refractivity contribution in [2.24, 2.45) is 0 Å². The molecule has 19 heavy (non-hydrogen) atoms. The summed E-state index contributed by atoms with van der Waals surface area (Å²) in [6.07, 6.45) is 2.25. The first-order valence-corrected chi connectivity index (χ1v) is 6.97. The van der Waals surface area contributed by atoms with Crippen molar-refractivity contribution in [3.8, 4) is 5.75 Å². The van der Waals surface area contributed by atoms with Gasteiger partial charge >= 0.3 is 5.97 Å². The van der Waals surface area contributed by atoms with Gasteiger partial charge in [0, 0.05) is 12.6 Å². The molecule has 0 aliphatic carbocycles. The van der Waals surface area contributed by atoms with Crippen LogP contribution in [0.1, 0.15) is 12.5 Å². The van der Waals surface area contributed by atoms with E-state index in [9.17, 15) is 13.2 Å². The number of rotatable bonds is 6. The van der Waals surface area contributed by atoms with Crippen LogP contribution < -0.4 is 9.46 Å². The molecule has 0 radical (unpaired) electrons. The second-order valence-electron chi connectivity index (χ2n) is 3.58. The lowest BCUT2D eigenvalue weighted by molar-refractivity contribution is -0.131. The van der Waals surface area contributed by atoms with Gasteiger partial charge in [-0.05, 0) is 23.8 Å². The first kappa shape index (κ1) is 15.2. The lowest BCUT2D eigenvalue weighted by Gasteiger charge is -2.10. The molecule has 0 heterocycles. The highest BCUT2D eigenvalue weighted by Gasteiger charge is 2.18. The van der Waals surface area contributed by atoms with Crippen LogP contribution in [0.4, 0.5) is 0 Å². The number of ether oxygens (including phenoxy) is 1. The van der Waals surface area contributed by atoms with Gasteiger partial charge in [-0.2, -0.15) is 0 Å². The number of aliphatic carboxylic acids is 1. The normalized spacial score (nSPS) is 11.7. The fraction of sp³-hybridized carbons (Fsp3) is 0.250. The molecule has 0 fully saturated rings. The van der Waals surface area contributed by atoms with Crippen LogP contribution in [0.3, 0.4) is 0 Å². The minimum atomic E-state index is -3.67. The first-order valence-electron chi connectivity index (χ1n) is 5.49. The maximum atomic E-state index is 12.0. The third-order valence-corrected chi connectivity index (χ3v) is 3.80. The van der Waals surface area contributed by atoms with E-state index in [1.165, 1.54) is 25.3 Å². The van der Waals surface area contributed by atoms with Crippen LogP contribution in [-0.4, -0.2) is 33.1 Å². The maximum absolute atomic E-state index is 12.0. The summed E-state index contributed by atoms with van der Waals surface area (Å²) in [6.45, 7) is 1.92. The zero-order valence-electron chi connectivity index (χ0n) is 10.6. The molecule has 104 valence electrons. The van der Waals surface area contributed by atoms with Crippen molar-refractivity contribution in [1.82, 2.24) is 4.72 Å². The Labute approximate surface area is 111 Å². The number of methoxy groups -OCH3 is 1. The molecule has 6 nitrogen and oxygen atoms in total. The van der Waals surface area contributed by atoms with Crippen molar-refractivity contribution < 1.29 is 23.1 Å². The van der Waals surface area contributed by atoms with Crippen LogP contribution in [0.25, 0.3) is 6.08 Å². The van der Waals surface area contributed by atoms with Gasteiger partial charge in [0.15, 0.2) is 0 Å². The van der Waals surface area contributed by atoms with Crippen molar-refractivity contribution in [1.29, 1.82) is 0 Å². The van der Waals surface area contributed by atoms with Crippen molar-refractivity contribution in [3.05, 3.63) is 29.8 Å². The van der Waals surface area contributed by atoms with Crippen LogP contribution in [0.2, 0.25) is 0 Å². The number of carboxylic acid groups (broad SMARTS) is 1. The average molecular weight is 285 g/mol. The largest absolute Gasteiger partial charge is 0.495 e. The Bertz CT molecular complexity index is 592. The van der Waals surface area contributed by atoms with Gasteiger partial charge < -0.3 is 9.84 Å². The molecule has 1 rings (SSSR count). The SMILES string of the molecule is CCNS(=O)(=O)c1cc(C=CC(=O)O)ccc1OC. The van der Waals surface area contributed by atoms with Crippen LogP contribution in [0.5, 0.6) is 5.75 Å². The van der Waals surface area contributed by atoms with Crippen molar-refractivity contribution in [3.63, 3.8) is 0 Å². The van der Waals surface area contributed by atoms with E-state index < -0.39 is 16.0 Å². The lowest BCUT2D eigenvalue weighted by atomic mass is 10.2. The van der Waals surface area contributed by atoms with E-state index in [4.69, 9.17) is 9.84 Å². The predicted octanol–water partition coefficient (Wildman–Crippen LogP) is 1.09. The van der Waals surface area contributed by atoms with Crippen molar-refractivity contribution in [2.75, 3.05) is 13.7 Å². The smallest absolute Gasteiger partial charge is 0.328 e. The van der Waals surface area contributed by atoms with E-state index in [0.717, 1.165) is 6.08 Å². The Morgan fingerprint density at radius 1 is 1.47 bits per heavy atom. The summed E-state index contributed by atoms with van der Waals surface area (Å²) in [5.41, 5.74) is 0.458. The van der Waals surface area contributed by atoms with Crippen LogP contribution >= 0.6 is 0 Å². The highest BCUT2D eigenvalue weighted by Crippen LogP contribution is 2.25. The zero-order chi connectivity index (χ0) is 14.5. The molecule has 0 bridgehead atoms. The van der Waals surface area contributed by atoms with Gasteiger partial charge in [0.25, 0.3) is 0 Å². The van der Waals surface area contributed by atoms with E-state index in [1.807, 2.05) is 0 Å². The molecule has 0 spiro atoms. The summed E-state index contributed by atoms with van der Waals surface area (Å²) in [6, 6.07) is 4.41. The third-order valence-electron chi connectivity index (χ3n) is 2.23. The average Bonchev–Trinajstić information content (AvgIpc) is 2.36. The Morgan fingerprint density at radius 3 is 2.68 bits per heavy atom. The molecule has 0 atom stereocenters. The Morgan fingerprint density at radius 2 is 2.16 bits per heavy atom. The molecule has 2 N–H and O–H groups in total. The number of sulfonamides is 1. The van der Waals surface area contributed by atoms with Crippen LogP contribution in [0.15, 0.2) is 29.2 Å². The molecule has 0 unspecified atom stereocenters. The lowest BCUT2D eigenvalue weighted by Crippen LogP contribution is -2.23. The molecule has 1 aromatic carbocycles. The Kier molecular flexibility index (Phi) is 5.08. The standard InChI is InChI=1S/C12H15NO5S/c1-3-13-19(16,17)11-8-9(5-7-12(14)15)4-6-10(11)18-2/h4-8,13H,3H2,1-2H3,(H,14,15). The predicted molar refractivity (Wildman–Crippen MR) is 70.5 cm³/mol. The second kappa shape index (κ2) is 6.35. The molecular formula is C12H15NO5S. The first-order chi connectivity index (χ1) is 8.90. The molecular weight excluding hydrogens is 270 g/mol. The monoisotopic (exact) mass is 285 g/mol. The minimum Gasteiger partial charge on any atom is -0.495 e. The number of carbonyl (C=O) groups is 1. The van der Waals surface area contributed by atoms with Crippen molar-refractivity contribution >= 4 is 22.1 Å². The summed E-state index contributed by atoms with van der Waals surface area (Å²) in [5.74, 6) is -0.902. The maximum Gasteiger partial charge on any atom is 0.328 e. The van der Waals surface area contributed by atoms with Gasteiger partial charge in [-0.1, -0.05) is 13.0 Å². The molecule has 0 aliphatic heterocycles. The quantitative estimate of drug-likeness (QED) is 0.763. The number of hydrogen-bond acceptors (Lipinski definition) is 4. The third kappa shape index (κ3) is 4.08. The van der Waals surface area contributed by atoms with Crippen LogP contribution in [0, 0.1) is 0 Å². The van der Waals surface area contributed by atoms with Gasteiger partial charge in [0.1, 0.15) is 10.6 Å². The summed E-state index contributed by atoms with van der Waals surface area (Å²) in [5, 5.41) is 8.55. The summed E-state index contributed by atoms with van der Waals surface area (Å²) in [4.78, 5) is 10.4. The summed E-state index contributed by atoms with van der Waals surface area (Å²) < 4.78 is 31.3. The molecule has 1 aromatic rings. The number of carboxylic acids is 1. The second-order valence-corrected chi connectivity index (χ2v) is 5.32. The molecule has 0 saturated heterocycles. The van der Waals surface area contributed by atoms with E-state index in [-0.39, 0.29) is 17.2 Å². The van der Waals surface area contributed by atoms with E-state index in [1.54, 1.807) is 13.0 Å². The van der Waals surface area contributed by atoms with Gasteiger partial charge in [-0.3, -0.25) is 0 Å². The highest BCUT2D eigenvalue weighted by atomic mass is 32.2. The van der Waals surface area contributed by atoms with E-state index in [0.29, 0.717) is 5.56 Å². The van der Waals surface area contributed by atoms with Gasteiger partial charge in [0.2, 0.25) is 10.0 Å². The Balaban J connectivity index is 3.28. The van der Waals surface area contributed by atoms with E-state index in [2.05, 4.69) is 4.72 Å². The fourth-order valence-corrected chi connectivity index (χ4v) is 2.69. The molecule has 0 aromatic heterocycles. The van der Waals surface area contributed by atoms with Gasteiger partial charge in [-0.25, -0.2) is 17.9 Å². The number of nitrogens with one attached hydrogen (secondary N) is 1. The van der Waals surface area contributed by atoms with Gasteiger partial charge in [-0.15, -0.1) is 0 Å². The Hall–Kier alpha value is -1.86. The topological polar surface area (TPSA) is 92.7 Å². The van der Waals surface area contributed by atoms with Crippen molar-refractivity contribution in [2.45, 2.75) is 11.8 Å². The molecule has 0 aliphatic rings. The number of benzene rings is 1. The molecule has 0 saturated carbocycles. The number of hydrogen-bond donors (Lipinski definition) is 2. The molecule has 0 amide bonds. The summed E-state index contributed by atoms with van der Waals surface area (Å²) in [7, 11) is -2.30. The fourth-order valence-electron chi connectivity index (χ4n) is 1.44. The molecule has 7 heteroatoms. The zero-order valence-corrected chi connectivity index (χ0v) is 11.4.